The summed E-state index contributed by atoms with van der Waals surface area (Å²) in [5.41, 5.74) is -0.398. The van der Waals surface area contributed by atoms with Crippen LogP contribution in [0.25, 0.3) is 0 Å². The molecule has 206 valence electrons. The number of rotatable bonds is 6. The Morgan fingerprint density at radius 1 is 1.18 bits per heavy atom. The maximum absolute atomic E-state index is 13.8. The van der Waals surface area contributed by atoms with Gasteiger partial charge in [-0.15, -0.1) is 0 Å². The van der Waals surface area contributed by atoms with Crippen LogP contribution in [0.3, 0.4) is 0 Å². The van der Waals surface area contributed by atoms with Gasteiger partial charge in [0.2, 0.25) is 11.8 Å². The van der Waals surface area contributed by atoms with Gasteiger partial charge in [0.25, 0.3) is 0 Å². The Kier molecular flexibility index (Phi) is 7.66. The van der Waals surface area contributed by atoms with Crippen molar-refractivity contribution >= 4 is 17.9 Å². The van der Waals surface area contributed by atoms with Crippen molar-refractivity contribution in [3.8, 4) is 6.07 Å². The molecule has 0 saturated carbocycles. The number of benzene rings is 1. The topological polar surface area (TPSA) is 106 Å². The van der Waals surface area contributed by atoms with E-state index in [0.717, 1.165) is 6.07 Å². The number of hydrogen-bond acceptors (Lipinski definition) is 6. The van der Waals surface area contributed by atoms with Crippen LogP contribution in [0.2, 0.25) is 0 Å². The summed E-state index contributed by atoms with van der Waals surface area (Å²) in [6.07, 6.45) is 0.313. The largest absolute Gasteiger partial charge is 0.444 e. The van der Waals surface area contributed by atoms with Gasteiger partial charge in [-0.25, -0.2) is 13.6 Å². The second-order valence-electron chi connectivity index (χ2n) is 11.7. The van der Waals surface area contributed by atoms with Crippen molar-refractivity contribution in [3.63, 3.8) is 0 Å². The number of fused-ring (bicyclic) bond motifs is 2. The number of amides is 3. The fourth-order valence-corrected chi connectivity index (χ4v) is 5.86. The maximum atomic E-state index is 13.8. The maximum Gasteiger partial charge on any atom is 0.408 e. The molecule has 1 aromatic rings. The Morgan fingerprint density at radius 3 is 2.42 bits per heavy atom. The van der Waals surface area contributed by atoms with E-state index in [1.165, 1.54) is 17.0 Å². The average Bonchev–Trinajstić information content (AvgIpc) is 3.47. The van der Waals surface area contributed by atoms with Crippen molar-refractivity contribution < 1.29 is 27.9 Å². The average molecular weight is 532 g/mol. The van der Waals surface area contributed by atoms with Gasteiger partial charge in [0, 0.05) is 31.7 Å². The van der Waals surface area contributed by atoms with Gasteiger partial charge in [0.15, 0.2) is 0 Å². The number of nitrogens with one attached hydrogen (secondary N) is 1. The molecule has 1 N–H and O–H groups in total. The first-order valence-electron chi connectivity index (χ1n) is 13.0. The van der Waals surface area contributed by atoms with Crippen molar-refractivity contribution in [3.05, 3.63) is 35.4 Å². The lowest BCUT2D eigenvalue weighted by Gasteiger charge is -2.39. The van der Waals surface area contributed by atoms with Gasteiger partial charge in [-0.1, -0.05) is 6.92 Å². The minimum atomic E-state index is -1.01. The Balaban J connectivity index is 1.50. The molecule has 3 fully saturated rings. The highest BCUT2D eigenvalue weighted by atomic mass is 19.1. The molecule has 6 atom stereocenters. The summed E-state index contributed by atoms with van der Waals surface area (Å²) in [5.74, 6) is -1.83. The Labute approximate surface area is 221 Å². The lowest BCUT2D eigenvalue weighted by Crippen LogP contribution is -2.59. The molecule has 9 nitrogen and oxygen atoms in total. The summed E-state index contributed by atoms with van der Waals surface area (Å²) in [6, 6.07) is 2.58. The highest BCUT2D eigenvalue weighted by Gasteiger charge is 2.52. The lowest BCUT2D eigenvalue weighted by atomic mass is 10.0. The van der Waals surface area contributed by atoms with Gasteiger partial charge < -0.3 is 19.9 Å². The van der Waals surface area contributed by atoms with Crippen LogP contribution in [0.1, 0.15) is 59.1 Å². The molecule has 2 bridgehead atoms. The third kappa shape index (κ3) is 5.75. The highest BCUT2D eigenvalue weighted by Crippen LogP contribution is 2.38. The Morgan fingerprint density at radius 2 is 1.84 bits per heavy atom. The van der Waals surface area contributed by atoms with Crippen LogP contribution in [0.5, 0.6) is 0 Å². The minimum absolute atomic E-state index is 0.0742. The highest BCUT2D eigenvalue weighted by molar-refractivity contribution is 5.88. The van der Waals surface area contributed by atoms with E-state index in [2.05, 4.69) is 11.4 Å². The van der Waals surface area contributed by atoms with E-state index in [9.17, 15) is 28.4 Å². The first-order chi connectivity index (χ1) is 17.8. The molecule has 6 unspecified atom stereocenters. The second-order valence-corrected chi connectivity index (χ2v) is 11.7. The van der Waals surface area contributed by atoms with Crippen molar-refractivity contribution in [1.82, 2.24) is 20.0 Å². The van der Waals surface area contributed by atoms with Crippen LogP contribution in [-0.2, 0) is 14.3 Å². The van der Waals surface area contributed by atoms with Gasteiger partial charge in [0.1, 0.15) is 29.3 Å². The predicted molar refractivity (Wildman–Crippen MR) is 133 cm³/mol. The molecule has 3 heterocycles. The van der Waals surface area contributed by atoms with E-state index in [0.29, 0.717) is 31.5 Å². The molecule has 0 aliphatic carbocycles. The summed E-state index contributed by atoms with van der Waals surface area (Å²) in [5, 5.41) is 12.2. The molecule has 4 rings (SSSR count). The quantitative estimate of drug-likeness (QED) is 0.605. The summed E-state index contributed by atoms with van der Waals surface area (Å²) < 4.78 is 33.0. The number of piperazine rings is 1. The van der Waals surface area contributed by atoms with Gasteiger partial charge >= 0.3 is 6.09 Å². The second kappa shape index (κ2) is 10.5. The molecule has 3 aliphatic heterocycles. The van der Waals surface area contributed by atoms with E-state index in [4.69, 9.17) is 4.74 Å². The fraction of sp³-hybridized carbons (Fsp3) is 0.630. The van der Waals surface area contributed by atoms with E-state index in [1.54, 1.807) is 32.6 Å². The summed E-state index contributed by atoms with van der Waals surface area (Å²) in [6.45, 7) is 9.78. The van der Waals surface area contributed by atoms with E-state index in [-0.39, 0.29) is 30.3 Å². The molecule has 0 radical (unpaired) electrons. The lowest BCUT2D eigenvalue weighted by molar-refractivity contribution is -0.141. The van der Waals surface area contributed by atoms with Crippen LogP contribution in [0.15, 0.2) is 18.2 Å². The molecule has 1 aromatic carbocycles. The number of nitriles is 1. The number of ether oxygens (including phenoxy) is 1. The summed E-state index contributed by atoms with van der Waals surface area (Å²) in [4.78, 5) is 44.6. The van der Waals surface area contributed by atoms with E-state index >= 15 is 0 Å². The standard InChI is InChI=1S/C27H35F2N5O4/c1-15-6-20(11-30)33(12-15)24(35)22(31-26(37)38-27(3,4)5)14-32-13-21-10-23(32)25(36)34(21)16(2)17-7-18(28)9-19(29)8-17/h7-9,15-16,20-23H,6,10,12-14H2,1-5H3,(H,31,37). The van der Waals surface area contributed by atoms with E-state index < -0.39 is 47.5 Å². The third-order valence-corrected chi connectivity index (χ3v) is 7.45. The number of nitrogens with zero attached hydrogens (tertiary/aromatic N) is 4. The van der Waals surface area contributed by atoms with Crippen LogP contribution in [-0.4, -0.2) is 82.0 Å². The van der Waals surface area contributed by atoms with Crippen LogP contribution < -0.4 is 5.32 Å². The van der Waals surface area contributed by atoms with Gasteiger partial charge in [-0.2, -0.15) is 5.26 Å². The zero-order chi connectivity index (χ0) is 27.9. The van der Waals surface area contributed by atoms with Crippen LogP contribution in [0, 0.1) is 28.9 Å². The Hall–Kier alpha value is -3.26. The zero-order valence-corrected chi connectivity index (χ0v) is 22.4. The molecule has 11 heteroatoms. The third-order valence-electron chi connectivity index (χ3n) is 7.45. The number of hydrogen-bond donors (Lipinski definition) is 1. The Bertz CT molecular complexity index is 1130. The molecular formula is C27H35F2N5O4. The number of carbonyl (C=O) groups excluding carboxylic acids is 3. The number of alkyl carbamates (subject to hydrolysis) is 1. The van der Waals surface area contributed by atoms with Gasteiger partial charge in [-0.05, 0) is 64.2 Å². The molecule has 3 aliphatic rings. The van der Waals surface area contributed by atoms with Crippen LogP contribution >= 0.6 is 0 Å². The molecule has 0 aromatic heterocycles. The molecule has 0 spiro atoms. The van der Waals surface area contributed by atoms with Crippen LogP contribution in [0.4, 0.5) is 13.6 Å². The summed E-state index contributed by atoms with van der Waals surface area (Å²) in [7, 11) is 0. The molecule has 3 saturated heterocycles. The predicted octanol–water partition coefficient (Wildman–Crippen LogP) is 2.96. The number of likely N-dealkylation sites (tertiary alicyclic amines) is 3. The SMILES string of the molecule is CC1CC(C#N)N(C(=O)C(CN2CC3CC2C(=O)N3C(C)c2cc(F)cc(F)c2)NC(=O)OC(C)(C)C)C1. The molecular weight excluding hydrogens is 496 g/mol. The number of halogens is 2. The van der Waals surface area contributed by atoms with Gasteiger partial charge in [-0.3, -0.25) is 14.5 Å². The van der Waals surface area contributed by atoms with Gasteiger partial charge in [0.05, 0.1) is 18.2 Å². The van der Waals surface area contributed by atoms with Crippen molar-refractivity contribution in [2.75, 3.05) is 19.6 Å². The number of carbonyl (C=O) groups is 3. The van der Waals surface area contributed by atoms with Crippen molar-refractivity contribution in [1.29, 1.82) is 5.26 Å². The normalized spacial score (nSPS) is 26.8. The zero-order valence-electron chi connectivity index (χ0n) is 22.4. The first-order valence-corrected chi connectivity index (χ1v) is 13.0. The minimum Gasteiger partial charge on any atom is -0.444 e. The first kappa shape index (κ1) is 27.8. The van der Waals surface area contributed by atoms with Crippen molar-refractivity contribution in [2.24, 2.45) is 5.92 Å². The molecule has 38 heavy (non-hydrogen) atoms. The van der Waals surface area contributed by atoms with E-state index in [1.807, 2.05) is 11.8 Å². The van der Waals surface area contributed by atoms with Crippen molar-refractivity contribution in [2.45, 2.75) is 83.3 Å². The fourth-order valence-electron chi connectivity index (χ4n) is 5.86. The summed E-state index contributed by atoms with van der Waals surface area (Å²) >= 11 is 0. The molecule has 3 amide bonds. The monoisotopic (exact) mass is 531 g/mol. The smallest absolute Gasteiger partial charge is 0.408 e.